The number of halogens is 1. The third kappa shape index (κ3) is 1.84. The standard InChI is InChI=1S/C5H9ClO3S/c1-4-2-5(3-9-4)10(6,7)8/h4-5H,2-3H2,1H3. The summed E-state index contributed by atoms with van der Waals surface area (Å²) in [5.74, 6) is 0. The second-order valence-corrected chi connectivity index (χ2v) is 5.39. The summed E-state index contributed by atoms with van der Waals surface area (Å²) < 4.78 is 26.4. The van der Waals surface area contributed by atoms with Gasteiger partial charge in [-0.1, -0.05) is 0 Å². The first-order chi connectivity index (χ1) is 4.50. The molecule has 0 amide bonds. The van der Waals surface area contributed by atoms with E-state index in [1.54, 1.807) is 0 Å². The summed E-state index contributed by atoms with van der Waals surface area (Å²) in [4.78, 5) is 0. The summed E-state index contributed by atoms with van der Waals surface area (Å²) in [7, 11) is 1.71. The highest BCUT2D eigenvalue weighted by Crippen LogP contribution is 2.21. The normalized spacial score (nSPS) is 34.6. The van der Waals surface area contributed by atoms with E-state index in [1.807, 2.05) is 6.92 Å². The Morgan fingerprint density at radius 1 is 1.60 bits per heavy atom. The van der Waals surface area contributed by atoms with Crippen molar-refractivity contribution in [2.24, 2.45) is 0 Å². The maximum absolute atomic E-state index is 10.7. The number of rotatable bonds is 1. The van der Waals surface area contributed by atoms with Crippen molar-refractivity contribution in [1.82, 2.24) is 0 Å². The molecule has 1 aliphatic rings. The van der Waals surface area contributed by atoms with Crippen molar-refractivity contribution >= 4 is 19.7 Å². The molecule has 3 nitrogen and oxygen atoms in total. The fourth-order valence-electron chi connectivity index (χ4n) is 0.974. The monoisotopic (exact) mass is 184 g/mol. The summed E-state index contributed by atoms with van der Waals surface area (Å²) in [5.41, 5.74) is 0. The minimum absolute atomic E-state index is 0.0264. The van der Waals surface area contributed by atoms with Crippen LogP contribution in [0.3, 0.4) is 0 Å². The zero-order chi connectivity index (χ0) is 7.78. The van der Waals surface area contributed by atoms with E-state index in [9.17, 15) is 8.42 Å². The van der Waals surface area contributed by atoms with Gasteiger partial charge in [-0.05, 0) is 13.3 Å². The van der Waals surface area contributed by atoms with Crippen LogP contribution < -0.4 is 0 Å². The molecule has 2 unspecified atom stereocenters. The fourth-order valence-corrected chi connectivity index (χ4v) is 2.09. The van der Waals surface area contributed by atoms with Crippen molar-refractivity contribution < 1.29 is 13.2 Å². The minimum atomic E-state index is -3.39. The van der Waals surface area contributed by atoms with Gasteiger partial charge in [-0.3, -0.25) is 0 Å². The van der Waals surface area contributed by atoms with Crippen molar-refractivity contribution in [1.29, 1.82) is 0 Å². The van der Waals surface area contributed by atoms with Gasteiger partial charge in [0.25, 0.3) is 0 Å². The average molecular weight is 185 g/mol. The van der Waals surface area contributed by atoms with Crippen LogP contribution in [0.2, 0.25) is 0 Å². The molecule has 0 radical (unpaired) electrons. The maximum atomic E-state index is 10.7. The largest absolute Gasteiger partial charge is 0.377 e. The van der Waals surface area contributed by atoms with Crippen LogP contribution in [0.15, 0.2) is 0 Å². The summed E-state index contributed by atoms with van der Waals surface area (Å²) in [5, 5.41) is -0.496. The molecule has 2 atom stereocenters. The van der Waals surface area contributed by atoms with Gasteiger partial charge in [0.2, 0.25) is 9.05 Å². The molecule has 0 N–H and O–H groups in total. The minimum Gasteiger partial charge on any atom is -0.377 e. The SMILES string of the molecule is CC1CC(S(=O)(=O)Cl)CO1. The van der Waals surface area contributed by atoms with Gasteiger partial charge < -0.3 is 4.74 Å². The maximum Gasteiger partial charge on any atom is 0.237 e. The molecule has 0 aromatic rings. The Morgan fingerprint density at radius 2 is 2.20 bits per heavy atom. The predicted molar refractivity (Wildman–Crippen MR) is 38.6 cm³/mol. The Bertz CT molecular complexity index is 211. The summed E-state index contributed by atoms with van der Waals surface area (Å²) in [6.07, 6.45) is 0.546. The molecule has 1 fully saturated rings. The Morgan fingerprint density at radius 3 is 2.40 bits per heavy atom. The van der Waals surface area contributed by atoms with E-state index < -0.39 is 14.3 Å². The van der Waals surface area contributed by atoms with Crippen LogP contribution in [0.25, 0.3) is 0 Å². The molecule has 0 saturated carbocycles. The van der Waals surface area contributed by atoms with Crippen molar-refractivity contribution in [3.63, 3.8) is 0 Å². The lowest BCUT2D eigenvalue weighted by atomic mass is 10.3. The van der Waals surface area contributed by atoms with E-state index in [-0.39, 0.29) is 12.7 Å². The van der Waals surface area contributed by atoms with Gasteiger partial charge in [-0.25, -0.2) is 8.42 Å². The second-order valence-electron chi connectivity index (χ2n) is 2.48. The first-order valence-electron chi connectivity index (χ1n) is 3.05. The van der Waals surface area contributed by atoms with Gasteiger partial charge in [0.1, 0.15) is 5.25 Å². The molecular weight excluding hydrogens is 176 g/mol. The highest BCUT2D eigenvalue weighted by Gasteiger charge is 2.31. The van der Waals surface area contributed by atoms with Gasteiger partial charge in [0.05, 0.1) is 12.7 Å². The van der Waals surface area contributed by atoms with E-state index >= 15 is 0 Å². The summed E-state index contributed by atoms with van der Waals surface area (Å²) in [6.45, 7) is 2.08. The number of hydrogen-bond donors (Lipinski definition) is 0. The number of hydrogen-bond acceptors (Lipinski definition) is 3. The van der Waals surface area contributed by atoms with Crippen LogP contribution in [-0.4, -0.2) is 26.4 Å². The third-order valence-corrected chi connectivity index (χ3v) is 3.44. The molecular formula is C5H9ClO3S. The van der Waals surface area contributed by atoms with Gasteiger partial charge in [-0.15, -0.1) is 0 Å². The predicted octanol–water partition coefficient (Wildman–Crippen LogP) is 0.732. The average Bonchev–Trinajstić information content (AvgIpc) is 2.11. The molecule has 1 aliphatic heterocycles. The molecule has 1 rings (SSSR count). The molecule has 60 valence electrons. The summed E-state index contributed by atoms with van der Waals surface area (Å²) in [6, 6.07) is 0. The van der Waals surface area contributed by atoms with Crippen molar-refractivity contribution in [3.05, 3.63) is 0 Å². The lowest BCUT2D eigenvalue weighted by Gasteiger charge is -1.99. The molecule has 0 aromatic heterocycles. The molecule has 0 spiro atoms. The molecule has 0 aliphatic carbocycles. The van der Waals surface area contributed by atoms with Gasteiger partial charge in [-0.2, -0.15) is 0 Å². The van der Waals surface area contributed by atoms with E-state index in [1.165, 1.54) is 0 Å². The highest BCUT2D eigenvalue weighted by atomic mass is 35.7. The molecule has 5 heteroatoms. The van der Waals surface area contributed by atoms with E-state index in [0.717, 1.165) is 0 Å². The first-order valence-corrected chi connectivity index (χ1v) is 5.42. The fraction of sp³-hybridized carbons (Fsp3) is 1.00. The van der Waals surface area contributed by atoms with Crippen molar-refractivity contribution in [2.75, 3.05) is 6.61 Å². The first kappa shape index (κ1) is 8.30. The Balaban J connectivity index is 2.62. The Labute approximate surface area is 64.7 Å². The van der Waals surface area contributed by atoms with Gasteiger partial charge in [0.15, 0.2) is 0 Å². The van der Waals surface area contributed by atoms with Gasteiger partial charge in [0, 0.05) is 10.7 Å². The van der Waals surface area contributed by atoms with E-state index in [0.29, 0.717) is 6.42 Å². The molecule has 1 saturated heterocycles. The molecule has 1 heterocycles. The van der Waals surface area contributed by atoms with Crippen LogP contribution in [0, 0.1) is 0 Å². The van der Waals surface area contributed by atoms with Crippen molar-refractivity contribution in [2.45, 2.75) is 24.7 Å². The zero-order valence-electron chi connectivity index (χ0n) is 5.58. The lowest BCUT2D eigenvalue weighted by Crippen LogP contribution is -2.15. The van der Waals surface area contributed by atoms with Crippen LogP contribution in [0.4, 0.5) is 0 Å². The lowest BCUT2D eigenvalue weighted by molar-refractivity contribution is 0.126. The smallest absolute Gasteiger partial charge is 0.237 e. The number of ether oxygens (including phenoxy) is 1. The highest BCUT2D eigenvalue weighted by molar-refractivity contribution is 8.14. The van der Waals surface area contributed by atoms with Crippen LogP contribution in [0.5, 0.6) is 0 Å². The van der Waals surface area contributed by atoms with Crippen molar-refractivity contribution in [3.8, 4) is 0 Å². The zero-order valence-corrected chi connectivity index (χ0v) is 7.15. The van der Waals surface area contributed by atoms with Gasteiger partial charge >= 0.3 is 0 Å². The van der Waals surface area contributed by atoms with E-state index in [2.05, 4.69) is 0 Å². The topological polar surface area (TPSA) is 43.4 Å². The van der Waals surface area contributed by atoms with Crippen LogP contribution in [0.1, 0.15) is 13.3 Å². The molecule has 0 bridgehead atoms. The quantitative estimate of drug-likeness (QED) is 0.565. The Hall–Kier alpha value is 0.200. The third-order valence-electron chi connectivity index (χ3n) is 1.56. The van der Waals surface area contributed by atoms with E-state index in [4.69, 9.17) is 15.4 Å². The second kappa shape index (κ2) is 2.68. The Kier molecular flexibility index (Phi) is 2.22. The molecule has 0 aromatic carbocycles. The van der Waals surface area contributed by atoms with Crippen LogP contribution >= 0.6 is 10.7 Å². The molecule has 10 heavy (non-hydrogen) atoms. The van der Waals surface area contributed by atoms with Crippen LogP contribution in [-0.2, 0) is 13.8 Å². The summed E-state index contributed by atoms with van der Waals surface area (Å²) >= 11 is 0.